The summed E-state index contributed by atoms with van der Waals surface area (Å²) < 4.78 is 0. The monoisotopic (exact) mass is 400 g/mol. The van der Waals surface area contributed by atoms with E-state index >= 15 is 0 Å². The summed E-state index contributed by atoms with van der Waals surface area (Å²) in [5, 5.41) is 0. The molecule has 0 aliphatic carbocycles. The standard InChI is InChI=1S/C27H20N4/c1-19-9-11-22(12-10-19)26-29-25(21-6-3-2-4-7-21)30-27(31-26)23-15-13-20(14-16-23)24-8-5-17-28-18-24/h2-18H,1H3. The van der Waals surface area contributed by atoms with E-state index in [1.54, 1.807) is 6.20 Å². The van der Waals surface area contributed by atoms with Crippen molar-refractivity contribution in [2.45, 2.75) is 6.92 Å². The largest absolute Gasteiger partial charge is 0.264 e. The molecule has 0 saturated carbocycles. The van der Waals surface area contributed by atoms with Crippen LogP contribution in [-0.2, 0) is 0 Å². The van der Waals surface area contributed by atoms with Gasteiger partial charge in [0.1, 0.15) is 0 Å². The van der Waals surface area contributed by atoms with Crippen LogP contribution in [0.1, 0.15) is 5.56 Å². The lowest BCUT2D eigenvalue weighted by molar-refractivity contribution is 1.07. The molecule has 0 atom stereocenters. The lowest BCUT2D eigenvalue weighted by Gasteiger charge is -2.09. The predicted octanol–water partition coefficient (Wildman–Crippen LogP) is 6.24. The van der Waals surface area contributed by atoms with Crippen LogP contribution in [0.25, 0.3) is 45.3 Å². The van der Waals surface area contributed by atoms with Crippen LogP contribution in [0.3, 0.4) is 0 Å². The predicted molar refractivity (Wildman–Crippen MR) is 124 cm³/mol. The van der Waals surface area contributed by atoms with Crippen molar-refractivity contribution < 1.29 is 0 Å². The van der Waals surface area contributed by atoms with Gasteiger partial charge in [0, 0.05) is 29.1 Å². The third kappa shape index (κ3) is 4.09. The summed E-state index contributed by atoms with van der Waals surface area (Å²) in [6, 6.07) is 30.5. The first-order chi connectivity index (χ1) is 15.3. The Labute approximate surface area is 181 Å². The number of pyridine rings is 1. The van der Waals surface area contributed by atoms with Crippen LogP contribution in [0.4, 0.5) is 0 Å². The van der Waals surface area contributed by atoms with Gasteiger partial charge in [0.05, 0.1) is 0 Å². The fourth-order valence-electron chi connectivity index (χ4n) is 3.40. The highest BCUT2D eigenvalue weighted by molar-refractivity contribution is 5.70. The van der Waals surface area contributed by atoms with Gasteiger partial charge < -0.3 is 0 Å². The molecule has 0 amide bonds. The normalized spacial score (nSPS) is 10.7. The summed E-state index contributed by atoms with van der Waals surface area (Å²) in [6.45, 7) is 2.07. The molecule has 2 aromatic heterocycles. The lowest BCUT2D eigenvalue weighted by atomic mass is 10.1. The van der Waals surface area contributed by atoms with Gasteiger partial charge in [-0.1, -0.05) is 90.5 Å². The fourth-order valence-corrected chi connectivity index (χ4v) is 3.40. The third-order valence-electron chi connectivity index (χ3n) is 5.12. The first kappa shape index (κ1) is 18.8. The van der Waals surface area contributed by atoms with Gasteiger partial charge >= 0.3 is 0 Å². The number of nitrogens with zero attached hydrogens (tertiary/aromatic N) is 4. The Morgan fingerprint density at radius 2 is 0.935 bits per heavy atom. The Morgan fingerprint density at radius 1 is 0.452 bits per heavy atom. The number of hydrogen-bond donors (Lipinski definition) is 0. The summed E-state index contributed by atoms with van der Waals surface area (Å²) >= 11 is 0. The van der Waals surface area contributed by atoms with E-state index in [-0.39, 0.29) is 0 Å². The molecule has 0 radical (unpaired) electrons. The third-order valence-corrected chi connectivity index (χ3v) is 5.12. The number of hydrogen-bond acceptors (Lipinski definition) is 4. The number of benzene rings is 3. The molecule has 4 nitrogen and oxygen atoms in total. The molecule has 31 heavy (non-hydrogen) atoms. The summed E-state index contributed by atoms with van der Waals surface area (Å²) in [5.41, 5.74) is 6.26. The Kier molecular flexibility index (Phi) is 5.03. The first-order valence-corrected chi connectivity index (χ1v) is 10.2. The molecule has 0 spiro atoms. The SMILES string of the molecule is Cc1ccc(-c2nc(-c3ccccc3)nc(-c3ccc(-c4cccnc4)cc3)n2)cc1. The maximum atomic E-state index is 4.80. The molecule has 5 rings (SSSR count). The highest BCUT2D eigenvalue weighted by atomic mass is 15.0. The van der Waals surface area contributed by atoms with E-state index in [1.165, 1.54) is 5.56 Å². The zero-order chi connectivity index (χ0) is 21.0. The number of aryl methyl sites for hydroxylation is 1. The van der Waals surface area contributed by atoms with E-state index in [4.69, 9.17) is 15.0 Å². The van der Waals surface area contributed by atoms with E-state index in [0.29, 0.717) is 17.5 Å². The highest BCUT2D eigenvalue weighted by Crippen LogP contribution is 2.26. The topological polar surface area (TPSA) is 51.6 Å². The van der Waals surface area contributed by atoms with E-state index in [0.717, 1.165) is 27.8 Å². The molecule has 5 aromatic rings. The van der Waals surface area contributed by atoms with Crippen LogP contribution in [-0.4, -0.2) is 19.9 Å². The molecular formula is C27H20N4. The Balaban J connectivity index is 1.60. The van der Waals surface area contributed by atoms with Crippen LogP contribution in [0.15, 0.2) is 103 Å². The highest BCUT2D eigenvalue weighted by Gasteiger charge is 2.12. The molecule has 3 aromatic carbocycles. The van der Waals surface area contributed by atoms with Crippen molar-refractivity contribution >= 4 is 0 Å². The van der Waals surface area contributed by atoms with Gasteiger partial charge in [-0.2, -0.15) is 0 Å². The molecule has 0 unspecified atom stereocenters. The Hall–Kier alpha value is -4.18. The molecule has 0 fully saturated rings. The van der Waals surface area contributed by atoms with Gasteiger partial charge in [-0.25, -0.2) is 15.0 Å². The smallest absolute Gasteiger partial charge is 0.164 e. The van der Waals surface area contributed by atoms with Crippen molar-refractivity contribution in [3.63, 3.8) is 0 Å². The van der Waals surface area contributed by atoms with E-state index < -0.39 is 0 Å². The minimum Gasteiger partial charge on any atom is -0.264 e. The zero-order valence-corrected chi connectivity index (χ0v) is 17.1. The minimum atomic E-state index is 0.655. The van der Waals surface area contributed by atoms with Crippen molar-refractivity contribution in [2.75, 3.05) is 0 Å². The Morgan fingerprint density at radius 3 is 1.48 bits per heavy atom. The minimum absolute atomic E-state index is 0.655. The molecule has 0 aliphatic rings. The first-order valence-electron chi connectivity index (χ1n) is 10.2. The van der Waals surface area contributed by atoms with Crippen LogP contribution in [0, 0.1) is 6.92 Å². The molecule has 4 heteroatoms. The van der Waals surface area contributed by atoms with E-state index in [9.17, 15) is 0 Å². The van der Waals surface area contributed by atoms with Crippen molar-refractivity contribution in [3.8, 4) is 45.3 Å². The molecule has 2 heterocycles. The van der Waals surface area contributed by atoms with E-state index in [2.05, 4.69) is 48.3 Å². The Bertz CT molecular complexity index is 1300. The molecular weight excluding hydrogens is 380 g/mol. The van der Waals surface area contributed by atoms with Crippen molar-refractivity contribution in [3.05, 3.63) is 109 Å². The van der Waals surface area contributed by atoms with Gasteiger partial charge in [0.25, 0.3) is 0 Å². The van der Waals surface area contributed by atoms with Crippen LogP contribution < -0.4 is 0 Å². The molecule has 148 valence electrons. The van der Waals surface area contributed by atoms with Gasteiger partial charge in [-0.3, -0.25) is 4.98 Å². The van der Waals surface area contributed by atoms with Gasteiger partial charge in [-0.15, -0.1) is 0 Å². The van der Waals surface area contributed by atoms with Gasteiger partial charge in [0.2, 0.25) is 0 Å². The zero-order valence-electron chi connectivity index (χ0n) is 17.1. The molecule has 0 N–H and O–H groups in total. The lowest BCUT2D eigenvalue weighted by Crippen LogP contribution is -2.00. The van der Waals surface area contributed by atoms with Crippen molar-refractivity contribution in [2.24, 2.45) is 0 Å². The number of aromatic nitrogens is 4. The van der Waals surface area contributed by atoms with Crippen LogP contribution in [0.2, 0.25) is 0 Å². The second-order valence-corrected chi connectivity index (χ2v) is 7.36. The fraction of sp³-hybridized carbons (Fsp3) is 0.0370. The van der Waals surface area contributed by atoms with Crippen LogP contribution in [0.5, 0.6) is 0 Å². The van der Waals surface area contributed by atoms with Crippen LogP contribution >= 0.6 is 0 Å². The molecule has 0 saturated heterocycles. The number of rotatable bonds is 4. The second kappa shape index (κ2) is 8.28. The average Bonchev–Trinajstić information content (AvgIpc) is 2.85. The quantitative estimate of drug-likeness (QED) is 0.358. The summed E-state index contributed by atoms with van der Waals surface area (Å²) in [4.78, 5) is 18.6. The molecule has 0 bridgehead atoms. The van der Waals surface area contributed by atoms with E-state index in [1.807, 2.05) is 60.8 Å². The molecule has 0 aliphatic heterocycles. The van der Waals surface area contributed by atoms with Crippen molar-refractivity contribution in [1.82, 2.24) is 19.9 Å². The summed E-state index contributed by atoms with van der Waals surface area (Å²) in [5.74, 6) is 1.99. The summed E-state index contributed by atoms with van der Waals surface area (Å²) in [7, 11) is 0. The van der Waals surface area contributed by atoms with Gasteiger partial charge in [-0.05, 0) is 24.1 Å². The summed E-state index contributed by atoms with van der Waals surface area (Å²) in [6.07, 6.45) is 3.64. The average molecular weight is 400 g/mol. The van der Waals surface area contributed by atoms with Gasteiger partial charge in [0.15, 0.2) is 17.5 Å². The second-order valence-electron chi connectivity index (χ2n) is 7.36. The maximum Gasteiger partial charge on any atom is 0.164 e. The van der Waals surface area contributed by atoms with Crippen molar-refractivity contribution in [1.29, 1.82) is 0 Å². The maximum absolute atomic E-state index is 4.80.